The molecule has 0 saturated carbocycles. The summed E-state index contributed by atoms with van der Waals surface area (Å²) in [6.45, 7) is 1.60. The van der Waals surface area contributed by atoms with Crippen molar-refractivity contribution in [1.29, 1.82) is 0 Å². The van der Waals surface area contributed by atoms with E-state index in [9.17, 15) is 18.0 Å². The second-order valence-corrected chi connectivity index (χ2v) is 6.12. The van der Waals surface area contributed by atoms with Crippen LogP contribution in [-0.4, -0.2) is 18.2 Å². The van der Waals surface area contributed by atoms with E-state index in [0.29, 0.717) is 22.6 Å². The summed E-state index contributed by atoms with van der Waals surface area (Å²) < 4.78 is 48.8. The highest BCUT2D eigenvalue weighted by molar-refractivity contribution is 5.93. The molecule has 5 nitrogen and oxygen atoms in total. The number of halogens is 3. The van der Waals surface area contributed by atoms with Gasteiger partial charge < -0.3 is 14.6 Å². The minimum absolute atomic E-state index is 0.0321. The number of aromatic nitrogens is 1. The number of amides is 1. The Morgan fingerprint density at radius 1 is 1.14 bits per heavy atom. The van der Waals surface area contributed by atoms with Gasteiger partial charge in [-0.15, -0.1) is 0 Å². The van der Waals surface area contributed by atoms with Gasteiger partial charge in [0.15, 0.2) is 11.5 Å². The van der Waals surface area contributed by atoms with Crippen LogP contribution in [0.3, 0.4) is 0 Å². The number of benzene rings is 2. The number of rotatable bonds is 5. The molecule has 0 aliphatic carbocycles. The van der Waals surface area contributed by atoms with Gasteiger partial charge in [0, 0.05) is 11.6 Å². The number of carbonyl (C=O) groups is 1. The number of carbonyl (C=O) groups excluding carboxylic acids is 1. The van der Waals surface area contributed by atoms with Crippen LogP contribution in [0.4, 0.5) is 13.2 Å². The zero-order chi connectivity index (χ0) is 20.3. The molecule has 0 bridgehead atoms. The lowest BCUT2D eigenvalue weighted by Gasteiger charge is -2.15. The summed E-state index contributed by atoms with van der Waals surface area (Å²) >= 11 is 0. The third-order valence-corrected chi connectivity index (χ3v) is 4.18. The van der Waals surface area contributed by atoms with E-state index >= 15 is 0 Å². The summed E-state index contributed by atoms with van der Waals surface area (Å²) in [5.74, 6) is 0.518. The summed E-state index contributed by atoms with van der Waals surface area (Å²) in [6, 6.07) is 12.6. The van der Waals surface area contributed by atoms with Crippen molar-refractivity contribution < 1.29 is 27.2 Å². The van der Waals surface area contributed by atoms with Crippen LogP contribution in [0.1, 0.15) is 34.6 Å². The Hall–Kier alpha value is -3.29. The first-order valence-corrected chi connectivity index (χ1v) is 8.37. The molecule has 1 amide bonds. The number of nitrogens with zero attached hydrogens (tertiary/aromatic N) is 1. The third-order valence-electron chi connectivity index (χ3n) is 4.18. The van der Waals surface area contributed by atoms with Gasteiger partial charge in [0.2, 0.25) is 0 Å². The van der Waals surface area contributed by atoms with Crippen LogP contribution in [0.5, 0.6) is 5.75 Å². The number of alkyl halides is 3. The summed E-state index contributed by atoms with van der Waals surface area (Å²) in [5, 5.41) is 6.37. The van der Waals surface area contributed by atoms with Crippen molar-refractivity contribution in [1.82, 2.24) is 10.5 Å². The largest absolute Gasteiger partial charge is 0.497 e. The Morgan fingerprint density at radius 2 is 1.86 bits per heavy atom. The fourth-order valence-corrected chi connectivity index (χ4v) is 2.61. The van der Waals surface area contributed by atoms with Gasteiger partial charge in [-0.1, -0.05) is 17.3 Å². The second-order valence-electron chi connectivity index (χ2n) is 6.12. The average Bonchev–Trinajstić information content (AvgIpc) is 3.18. The summed E-state index contributed by atoms with van der Waals surface area (Å²) in [4.78, 5) is 12.4. The number of ether oxygens (including phenoxy) is 1. The van der Waals surface area contributed by atoms with E-state index in [1.807, 2.05) is 0 Å². The van der Waals surface area contributed by atoms with Gasteiger partial charge in [-0.2, -0.15) is 13.2 Å². The van der Waals surface area contributed by atoms with Crippen LogP contribution in [0, 0.1) is 0 Å². The van der Waals surface area contributed by atoms with Gasteiger partial charge in [-0.25, -0.2) is 0 Å². The maximum atomic E-state index is 12.9. The van der Waals surface area contributed by atoms with Crippen molar-refractivity contribution in [2.75, 3.05) is 7.11 Å². The fourth-order valence-electron chi connectivity index (χ4n) is 2.61. The van der Waals surface area contributed by atoms with E-state index in [1.54, 1.807) is 38.3 Å². The number of hydrogen-bond acceptors (Lipinski definition) is 4. The first-order valence-electron chi connectivity index (χ1n) is 8.37. The molecule has 2 aromatic carbocycles. The fraction of sp³-hybridized carbons (Fsp3) is 0.200. The van der Waals surface area contributed by atoms with Gasteiger partial charge >= 0.3 is 6.18 Å². The number of nitrogens with one attached hydrogen (secondary N) is 1. The maximum Gasteiger partial charge on any atom is 0.416 e. The van der Waals surface area contributed by atoms with Gasteiger partial charge in [-0.05, 0) is 48.9 Å². The molecule has 0 fully saturated rings. The highest BCUT2D eigenvalue weighted by Gasteiger charge is 2.30. The van der Waals surface area contributed by atoms with Crippen molar-refractivity contribution in [3.05, 3.63) is 71.4 Å². The van der Waals surface area contributed by atoms with Crippen LogP contribution in [0.2, 0.25) is 0 Å². The van der Waals surface area contributed by atoms with Gasteiger partial charge in [0.1, 0.15) is 5.75 Å². The lowest BCUT2D eigenvalue weighted by Crippen LogP contribution is -2.27. The smallest absolute Gasteiger partial charge is 0.416 e. The van der Waals surface area contributed by atoms with E-state index in [1.165, 1.54) is 18.2 Å². The first kappa shape index (κ1) is 19.5. The molecule has 1 aromatic heterocycles. The Labute approximate surface area is 159 Å². The molecule has 146 valence electrons. The zero-order valence-electron chi connectivity index (χ0n) is 15.1. The molecule has 0 saturated heterocycles. The molecule has 3 rings (SSSR count). The number of methoxy groups -OCH3 is 1. The van der Waals surface area contributed by atoms with Crippen LogP contribution >= 0.6 is 0 Å². The zero-order valence-corrected chi connectivity index (χ0v) is 15.1. The SMILES string of the molecule is COc1ccc(-c2cc(C(=O)N[C@@H](C)c3cccc(C(F)(F)F)c3)no2)cc1. The van der Waals surface area contributed by atoms with Crippen LogP contribution in [0.25, 0.3) is 11.3 Å². The normalized spacial score (nSPS) is 12.5. The van der Waals surface area contributed by atoms with E-state index in [0.717, 1.165) is 12.1 Å². The molecular weight excluding hydrogens is 373 g/mol. The van der Waals surface area contributed by atoms with Gasteiger partial charge in [0.05, 0.1) is 18.7 Å². The Kier molecular flexibility index (Phi) is 5.39. The van der Waals surface area contributed by atoms with E-state index in [4.69, 9.17) is 9.26 Å². The van der Waals surface area contributed by atoms with Crippen molar-refractivity contribution in [3.8, 4) is 17.1 Å². The Balaban J connectivity index is 1.72. The highest BCUT2D eigenvalue weighted by Crippen LogP contribution is 2.31. The quantitative estimate of drug-likeness (QED) is 0.676. The molecule has 3 aromatic rings. The molecular formula is C20H17F3N2O3. The van der Waals surface area contributed by atoms with E-state index in [-0.39, 0.29) is 5.69 Å². The predicted molar refractivity (Wildman–Crippen MR) is 95.8 cm³/mol. The second kappa shape index (κ2) is 7.75. The summed E-state index contributed by atoms with van der Waals surface area (Å²) in [5.41, 5.74) is 0.305. The van der Waals surface area contributed by atoms with Crippen LogP contribution in [0.15, 0.2) is 59.1 Å². The molecule has 28 heavy (non-hydrogen) atoms. The molecule has 0 aliphatic heterocycles. The van der Waals surface area contributed by atoms with E-state index < -0.39 is 23.7 Å². The van der Waals surface area contributed by atoms with Crippen molar-refractivity contribution in [3.63, 3.8) is 0 Å². The summed E-state index contributed by atoms with van der Waals surface area (Å²) in [6.07, 6.45) is -4.45. The molecule has 0 radical (unpaired) electrons. The third kappa shape index (κ3) is 4.33. The van der Waals surface area contributed by atoms with Gasteiger partial charge in [0.25, 0.3) is 5.91 Å². The maximum absolute atomic E-state index is 12.9. The van der Waals surface area contributed by atoms with E-state index in [2.05, 4.69) is 10.5 Å². The lowest BCUT2D eigenvalue weighted by atomic mass is 10.0. The van der Waals surface area contributed by atoms with Gasteiger partial charge in [-0.3, -0.25) is 4.79 Å². The monoisotopic (exact) mass is 390 g/mol. The topological polar surface area (TPSA) is 64.4 Å². The minimum Gasteiger partial charge on any atom is -0.497 e. The minimum atomic E-state index is -4.45. The molecule has 8 heteroatoms. The summed E-state index contributed by atoms with van der Waals surface area (Å²) in [7, 11) is 1.55. The Bertz CT molecular complexity index is 965. The molecule has 0 unspecified atom stereocenters. The lowest BCUT2D eigenvalue weighted by molar-refractivity contribution is -0.137. The molecule has 1 atom stereocenters. The molecule has 1 heterocycles. The van der Waals surface area contributed by atoms with Crippen molar-refractivity contribution in [2.45, 2.75) is 19.1 Å². The van der Waals surface area contributed by atoms with Crippen LogP contribution < -0.4 is 10.1 Å². The van der Waals surface area contributed by atoms with Crippen LogP contribution in [-0.2, 0) is 6.18 Å². The van der Waals surface area contributed by atoms with Crippen molar-refractivity contribution in [2.24, 2.45) is 0 Å². The highest BCUT2D eigenvalue weighted by atomic mass is 19.4. The first-order chi connectivity index (χ1) is 13.3. The van der Waals surface area contributed by atoms with Crippen molar-refractivity contribution >= 4 is 5.91 Å². The molecule has 1 N–H and O–H groups in total. The predicted octanol–water partition coefficient (Wildman–Crippen LogP) is 4.86. The molecule has 0 spiro atoms. The average molecular weight is 390 g/mol. The Morgan fingerprint density at radius 3 is 2.50 bits per heavy atom. The number of hydrogen-bond donors (Lipinski definition) is 1. The molecule has 0 aliphatic rings. The standard InChI is InChI=1S/C20H17F3N2O3/c1-12(14-4-3-5-15(10-14)20(21,22)23)24-19(26)17-11-18(28-25-17)13-6-8-16(27-2)9-7-13/h3-12H,1-2H3,(H,24,26)/t12-/m0/s1.